The van der Waals surface area contributed by atoms with E-state index in [4.69, 9.17) is 5.11 Å². The van der Waals surface area contributed by atoms with Gasteiger partial charge >= 0.3 is 11.8 Å². The number of carboxylic acids is 1. The van der Waals surface area contributed by atoms with Crippen molar-refractivity contribution in [1.82, 2.24) is 4.98 Å². The van der Waals surface area contributed by atoms with E-state index in [1.165, 1.54) is 0 Å². The Bertz CT molecular complexity index is 462. The van der Waals surface area contributed by atoms with Crippen LogP contribution in [0.5, 0.6) is 0 Å². The highest BCUT2D eigenvalue weighted by Gasteiger charge is 2.27. The largest absolute Gasteiger partial charge is 0.477 e. The Morgan fingerprint density at radius 2 is 2.19 bits per heavy atom. The minimum Gasteiger partial charge on any atom is -0.477 e. The first kappa shape index (κ1) is 12.0. The van der Waals surface area contributed by atoms with Crippen molar-refractivity contribution in [2.75, 3.05) is 0 Å². The van der Waals surface area contributed by atoms with Crippen molar-refractivity contribution in [3.63, 3.8) is 0 Å². The predicted octanol–water partition coefficient (Wildman–Crippen LogP) is 1.93. The molecule has 0 bridgehead atoms. The molecule has 0 unspecified atom stereocenters. The molecule has 0 atom stereocenters. The molecule has 0 radical (unpaired) electrons. The summed E-state index contributed by atoms with van der Waals surface area (Å²) in [5.41, 5.74) is -1.72. The van der Waals surface area contributed by atoms with Crippen LogP contribution in [-0.2, 0) is 0 Å². The molecule has 6 nitrogen and oxygen atoms in total. The molecule has 0 aliphatic heterocycles. The van der Waals surface area contributed by atoms with Crippen molar-refractivity contribution in [1.29, 1.82) is 0 Å². The molecule has 1 aromatic heterocycles. The smallest absolute Gasteiger partial charge is 0.378 e. The third-order valence-corrected chi connectivity index (χ3v) is 1.87. The monoisotopic (exact) mass is 232 g/mol. The van der Waals surface area contributed by atoms with Crippen LogP contribution >= 0.6 is 0 Å². The molecule has 1 heterocycles. The zero-order chi connectivity index (χ0) is 12.5. The van der Waals surface area contributed by atoms with Gasteiger partial charge in [0, 0.05) is 6.92 Å². The summed E-state index contributed by atoms with van der Waals surface area (Å²) >= 11 is 0. The molecule has 0 aliphatic carbocycles. The number of alkyl halides is 2. The van der Waals surface area contributed by atoms with Gasteiger partial charge in [0.15, 0.2) is 11.3 Å². The van der Waals surface area contributed by atoms with E-state index in [0.717, 1.165) is 6.92 Å². The molecule has 0 aliphatic rings. The van der Waals surface area contributed by atoms with Crippen LogP contribution in [0.2, 0.25) is 0 Å². The summed E-state index contributed by atoms with van der Waals surface area (Å²) in [5, 5.41) is 19.1. The molecule has 16 heavy (non-hydrogen) atoms. The van der Waals surface area contributed by atoms with Gasteiger partial charge in [0.1, 0.15) is 0 Å². The van der Waals surface area contributed by atoms with Gasteiger partial charge < -0.3 is 15.2 Å². The second kappa shape index (κ2) is 4.17. The van der Waals surface area contributed by atoms with Crippen LogP contribution < -0.4 is 0 Å². The first-order chi connectivity index (χ1) is 7.34. The average molecular weight is 232 g/mol. The summed E-state index contributed by atoms with van der Waals surface area (Å²) in [6.07, 6.45) is -2.92. The maximum atomic E-state index is 12.4. The number of aromatic carboxylic acids is 1. The van der Waals surface area contributed by atoms with Gasteiger partial charge in [-0.3, -0.25) is 0 Å². The summed E-state index contributed by atoms with van der Waals surface area (Å²) in [5.74, 6) is -2.60. The minimum absolute atomic E-state index is 0.258. The number of hydrogen-bond acceptors (Lipinski definition) is 4. The fourth-order valence-corrected chi connectivity index (χ4v) is 1.13. The molecule has 1 rings (SSSR count). The van der Waals surface area contributed by atoms with Gasteiger partial charge in [-0.2, -0.15) is 0 Å². The van der Waals surface area contributed by atoms with E-state index in [2.05, 4.69) is 4.98 Å². The van der Waals surface area contributed by atoms with Crippen LogP contribution in [-0.4, -0.2) is 21.0 Å². The maximum absolute atomic E-state index is 12.4. The Balaban J connectivity index is 3.49. The Morgan fingerprint density at radius 3 is 2.56 bits per heavy atom. The quantitative estimate of drug-likeness (QED) is 0.634. The topological polar surface area (TPSA) is 93.3 Å². The first-order valence-corrected chi connectivity index (χ1v) is 4.02. The standard InChI is InChI=1S/C8H6F2N2O4/c1-3-4(6(9)10)2-5(8(13)14)7(11-3)12(15)16/h2,6H,1H3,(H,13,14). The molecule has 0 fully saturated rings. The summed E-state index contributed by atoms with van der Waals surface area (Å²) in [6, 6.07) is 0.577. The van der Waals surface area contributed by atoms with Crippen molar-refractivity contribution in [2.24, 2.45) is 0 Å². The van der Waals surface area contributed by atoms with Crippen molar-refractivity contribution < 1.29 is 23.6 Å². The van der Waals surface area contributed by atoms with Crippen molar-refractivity contribution in [2.45, 2.75) is 13.3 Å². The lowest BCUT2D eigenvalue weighted by Crippen LogP contribution is -2.08. The molecule has 1 N–H and O–H groups in total. The Hall–Kier alpha value is -2.12. The third kappa shape index (κ3) is 2.10. The van der Waals surface area contributed by atoms with Crippen LogP contribution in [0.4, 0.5) is 14.6 Å². The Morgan fingerprint density at radius 1 is 1.62 bits per heavy atom. The zero-order valence-electron chi connectivity index (χ0n) is 7.98. The van der Waals surface area contributed by atoms with Gasteiger partial charge in [0.25, 0.3) is 6.43 Å². The second-order valence-corrected chi connectivity index (χ2v) is 2.90. The van der Waals surface area contributed by atoms with E-state index < -0.39 is 34.3 Å². The van der Waals surface area contributed by atoms with E-state index >= 15 is 0 Å². The van der Waals surface area contributed by atoms with E-state index in [1.54, 1.807) is 0 Å². The van der Waals surface area contributed by atoms with E-state index in [1.807, 2.05) is 0 Å². The summed E-state index contributed by atoms with van der Waals surface area (Å²) in [6.45, 7) is 1.15. The third-order valence-electron chi connectivity index (χ3n) is 1.87. The number of carboxylic acid groups (broad SMARTS) is 1. The average Bonchev–Trinajstić information content (AvgIpc) is 2.15. The summed E-state index contributed by atoms with van der Waals surface area (Å²) in [7, 11) is 0. The zero-order valence-corrected chi connectivity index (χ0v) is 7.98. The fourth-order valence-electron chi connectivity index (χ4n) is 1.13. The summed E-state index contributed by atoms with van der Waals surface area (Å²) in [4.78, 5) is 23.3. The van der Waals surface area contributed by atoms with Gasteiger partial charge in [-0.15, -0.1) is 0 Å². The summed E-state index contributed by atoms with van der Waals surface area (Å²) < 4.78 is 24.8. The molecule has 86 valence electrons. The number of rotatable bonds is 3. The van der Waals surface area contributed by atoms with Crippen LogP contribution in [0.3, 0.4) is 0 Å². The number of nitrogens with zero attached hydrogens (tertiary/aromatic N) is 2. The number of carbonyl (C=O) groups is 1. The molecule has 8 heteroatoms. The van der Waals surface area contributed by atoms with Gasteiger partial charge in [0.2, 0.25) is 0 Å². The van der Waals surface area contributed by atoms with E-state index in [0.29, 0.717) is 6.07 Å². The van der Waals surface area contributed by atoms with Crippen LogP contribution in [0.1, 0.15) is 28.0 Å². The number of hydrogen-bond donors (Lipinski definition) is 1. The SMILES string of the molecule is Cc1nc([N+](=O)[O-])c(C(=O)O)cc1C(F)F. The van der Waals surface area contributed by atoms with E-state index in [9.17, 15) is 23.7 Å². The highest BCUT2D eigenvalue weighted by molar-refractivity contribution is 5.91. The minimum atomic E-state index is -2.92. The number of nitro groups is 1. The van der Waals surface area contributed by atoms with E-state index in [-0.39, 0.29) is 5.69 Å². The van der Waals surface area contributed by atoms with Crippen LogP contribution in [0.15, 0.2) is 6.07 Å². The molecule has 1 aromatic rings. The molecular formula is C8H6F2N2O4. The predicted molar refractivity (Wildman–Crippen MR) is 47.5 cm³/mol. The van der Waals surface area contributed by atoms with Crippen LogP contribution in [0, 0.1) is 17.0 Å². The van der Waals surface area contributed by atoms with Crippen molar-refractivity contribution >= 4 is 11.8 Å². The van der Waals surface area contributed by atoms with Gasteiger partial charge in [0.05, 0.1) is 5.56 Å². The molecule has 0 aromatic carbocycles. The molecule has 0 saturated heterocycles. The first-order valence-electron chi connectivity index (χ1n) is 4.02. The molecule has 0 amide bonds. The molecular weight excluding hydrogens is 226 g/mol. The lowest BCUT2D eigenvalue weighted by Gasteiger charge is -2.03. The van der Waals surface area contributed by atoms with Crippen molar-refractivity contribution in [3.05, 3.63) is 33.0 Å². The number of pyridine rings is 1. The van der Waals surface area contributed by atoms with Gasteiger partial charge in [-0.05, 0) is 16.0 Å². The normalized spacial score (nSPS) is 10.5. The second-order valence-electron chi connectivity index (χ2n) is 2.90. The number of halogens is 2. The lowest BCUT2D eigenvalue weighted by molar-refractivity contribution is -0.390. The highest BCUT2D eigenvalue weighted by Crippen LogP contribution is 2.26. The maximum Gasteiger partial charge on any atom is 0.378 e. The molecule has 0 spiro atoms. The number of aromatic nitrogens is 1. The molecule has 0 saturated carbocycles. The fraction of sp³-hybridized carbons (Fsp3) is 0.250. The Kier molecular flexibility index (Phi) is 3.11. The number of aryl methyl sites for hydroxylation is 1. The van der Waals surface area contributed by atoms with Gasteiger partial charge in [-0.1, -0.05) is 0 Å². The highest BCUT2D eigenvalue weighted by atomic mass is 19.3. The Labute approximate surface area is 87.7 Å². The van der Waals surface area contributed by atoms with Gasteiger partial charge in [-0.25, -0.2) is 13.6 Å². The van der Waals surface area contributed by atoms with Crippen LogP contribution in [0.25, 0.3) is 0 Å². The lowest BCUT2D eigenvalue weighted by atomic mass is 10.1. The van der Waals surface area contributed by atoms with Crippen molar-refractivity contribution in [3.8, 4) is 0 Å².